The van der Waals surface area contributed by atoms with Crippen molar-refractivity contribution in [3.8, 4) is 34.5 Å². The van der Waals surface area contributed by atoms with Crippen LogP contribution < -0.4 is 9.47 Å². The highest BCUT2D eigenvalue weighted by Crippen LogP contribution is 2.49. The highest BCUT2D eigenvalue weighted by molar-refractivity contribution is 6.06. The van der Waals surface area contributed by atoms with Gasteiger partial charge in [-0.25, -0.2) is 0 Å². The van der Waals surface area contributed by atoms with Gasteiger partial charge >= 0.3 is 0 Å². The van der Waals surface area contributed by atoms with Crippen LogP contribution in [0.2, 0.25) is 0 Å². The van der Waals surface area contributed by atoms with Crippen LogP contribution in [0.5, 0.6) is 34.5 Å². The standard InChI is InChI=1S/C16H14O8/c1-23-16-9(19)5-10-11(13(16)21)12(20)14(22)15(24-10)7-4-6(17)2-3-8(7)18/h2-5,14-15,17-19,21-22H,1H3/t14-,15+/m0/s1. The maximum absolute atomic E-state index is 12.4. The average molecular weight is 334 g/mol. The van der Waals surface area contributed by atoms with Crippen molar-refractivity contribution < 1.29 is 39.8 Å². The zero-order valence-corrected chi connectivity index (χ0v) is 12.4. The molecule has 0 fully saturated rings. The van der Waals surface area contributed by atoms with Gasteiger partial charge in [0.2, 0.25) is 11.5 Å². The van der Waals surface area contributed by atoms with E-state index in [2.05, 4.69) is 0 Å². The summed E-state index contributed by atoms with van der Waals surface area (Å²) in [6.45, 7) is 0. The Morgan fingerprint density at radius 3 is 2.46 bits per heavy atom. The summed E-state index contributed by atoms with van der Waals surface area (Å²) in [6, 6.07) is 4.62. The summed E-state index contributed by atoms with van der Waals surface area (Å²) in [5.41, 5.74) is -0.357. The highest BCUT2D eigenvalue weighted by Gasteiger charge is 2.41. The highest BCUT2D eigenvalue weighted by atomic mass is 16.5. The second-order valence-electron chi connectivity index (χ2n) is 5.24. The van der Waals surface area contributed by atoms with Gasteiger partial charge in [0, 0.05) is 11.6 Å². The second-order valence-corrected chi connectivity index (χ2v) is 5.24. The molecule has 0 saturated carbocycles. The molecule has 126 valence electrons. The van der Waals surface area contributed by atoms with E-state index in [-0.39, 0.29) is 34.1 Å². The molecule has 0 bridgehead atoms. The van der Waals surface area contributed by atoms with Crippen molar-refractivity contribution in [3.05, 3.63) is 35.4 Å². The molecular weight excluding hydrogens is 320 g/mol. The topological polar surface area (TPSA) is 137 Å². The predicted molar refractivity (Wildman–Crippen MR) is 79.8 cm³/mol. The Kier molecular flexibility index (Phi) is 3.61. The normalized spacial score (nSPS) is 19.5. The van der Waals surface area contributed by atoms with E-state index in [1.54, 1.807) is 0 Å². The lowest BCUT2D eigenvalue weighted by Crippen LogP contribution is -2.36. The van der Waals surface area contributed by atoms with E-state index in [0.29, 0.717) is 0 Å². The van der Waals surface area contributed by atoms with Crippen LogP contribution in [-0.4, -0.2) is 44.5 Å². The molecule has 2 aromatic carbocycles. The first kappa shape index (κ1) is 15.8. The number of rotatable bonds is 2. The van der Waals surface area contributed by atoms with Gasteiger partial charge in [-0.1, -0.05) is 0 Å². The average Bonchev–Trinajstić information content (AvgIpc) is 2.53. The molecule has 24 heavy (non-hydrogen) atoms. The number of benzene rings is 2. The first-order valence-corrected chi connectivity index (χ1v) is 6.89. The molecule has 0 aromatic heterocycles. The Morgan fingerprint density at radius 2 is 1.79 bits per heavy atom. The van der Waals surface area contributed by atoms with Gasteiger partial charge < -0.3 is 35.0 Å². The molecule has 0 saturated heterocycles. The van der Waals surface area contributed by atoms with Crippen LogP contribution in [0.3, 0.4) is 0 Å². The molecule has 1 aliphatic heterocycles. The number of Topliss-reactive ketones (excluding diaryl/α,β-unsaturated/α-hetero) is 1. The van der Waals surface area contributed by atoms with Crippen LogP contribution in [0.1, 0.15) is 22.0 Å². The number of phenols is 4. The summed E-state index contributed by atoms with van der Waals surface area (Å²) in [7, 11) is 1.19. The van der Waals surface area contributed by atoms with E-state index in [9.17, 15) is 30.3 Å². The minimum atomic E-state index is -1.75. The van der Waals surface area contributed by atoms with Crippen LogP contribution in [0.15, 0.2) is 24.3 Å². The number of aliphatic hydroxyl groups excluding tert-OH is 1. The molecule has 0 spiro atoms. The van der Waals surface area contributed by atoms with Gasteiger partial charge in [0.05, 0.1) is 7.11 Å². The molecule has 2 aromatic rings. The van der Waals surface area contributed by atoms with Crippen LogP contribution in [-0.2, 0) is 0 Å². The fourth-order valence-electron chi connectivity index (χ4n) is 2.64. The first-order chi connectivity index (χ1) is 11.3. The third-order valence-corrected chi connectivity index (χ3v) is 3.78. The van der Waals surface area contributed by atoms with E-state index < -0.39 is 29.5 Å². The minimum Gasteiger partial charge on any atom is -0.508 e. The van der Waals surface area contributed by atoms with Crippen LogP contribution >= 0.6 is 0 Å². The molecular formula is C16H14O8. The molecule has 0 radical (unpaired) electrons. The van der Waals surface area contributed by atoms with E-state index >= 15 is 0 Å². The van der Waals surface area contributed by atoms with E-state index in [4.69, 9.17) is 9.47 Å². The first-order valence-electron chi connectivity index (χ1n) is 6.89. The summed E-state index contributed by atoms with van der Waals surface area (Å²) in [4.78, 5) is 12.4. The van der Waals surface area contributed by atoms with Crippen LogP contribution in [0, 0.1) is 0 Å². The maximum atomic E-state index is 12.4. The Bertz CT molecular complexity index is 829. The van der Waals surface area contributed by atoms with E-state index in [0.717, 1.165) is 12.1 Å². The van der Waals surface area contributed by atoms with Gasteiger partial charge in [-0.05, 0) is 18.2 Å². The lowest BCUT2D eigenvalue weighted by molar-refractivity contribution is 0.0201. The Hall–Kier alpha value is -3.13. The van der Waals surface area contributed by atoms with Crippen molar-refractivity contribution in [3.63, 3.8) is 0 Å². The third-order valence-electron chi connectivity index (χ3n) is 3.78. The molecule has 3 rings (SSSR count). The number of aliphatic hydroxyl groups is 1. The number of ether oxygens (including phenoxy) is 2. The second kappa shape index (κ2) is 5.50. The third kappa shape index (κ3) is 2.24. The smallest absolute Gasteiger partial charge is 0.203 e. The molecule has 2 atom stereocenters. The molecule has 8 heteroatoms. The summed E-state index contributed by atoms with van der Waals surface area (Å²) in [5.74, 6) is -3.00. The SMILES string of the molecule is COc1c(O)cc2c(c1O)C(=O)[C@H](O)[C@@H](c1cc(O)ccc1O)O2. The number of phenolic OH excluding ortho intramolecular Hbond substituents is 4. The predicted octanol–water partition coefficient (Wildman–Crippen LogP) is 1.19. The molecule has 0 unspecified atom stereocenters. The molecule has 1 aliphatic rings. The van der Waals surface area contributed by atoms with Gasteiger partial charge in [-0.3, -0.25) is 4.79 Å². The molecule has 0 aliphatic carbocycles. The van der Waals surface area contributed by atoms with Gasteiger partial charge in [0.25, 0.3) is 0 Å². The molecule has 5 N–H and O–H groups in total. The number of carbonyl (C=O) groups excluding carboxylic acids is 1. The Morgan fingerprint density at radius 1 is 1.08 bits per heavy atom. The summed E-state index contributed by atoms with van der Waals surface area (Å²) in [6.07, 6.45) is -3.07. The van der Waals surface area contributed by atoms with Crippen molar-refractivity contribution in [2.24, 2.45) is 0 Å². The zero-order valence-electron chi connectivity index (χ0n) is 12.4. The lowest BCUT2D eigenvalue weighted by atomic mass is 9.92. The van der Waals surface area contributed by atoms with Gasteiger partial charge in [0.15, 0.2) is 23.7 Å². The minimum absolute atomic E-state index is 0.0173. The lowest BCUT2D eigenvalue weighted by Gasteiger charge is -2.31. The van der Waals surface area contributed by atoms with E-state index in [1.165, 1.54) is 19.2 Å². The number of hydrogen-bond acceptors (Lipinski definition) is 8. The quantitative estimate of drug-likeness (QED) is 0.517. The maximum Gasteiger partial charge on any atom is 0.203 e. The van der Waals surface area contributed by atoms with Gasteiger partial charge in [-0.2, -0.15) is 0 Å². The van der Waals surface area contributed by atoms with Gasteiger partial charge in [-0.15, -0.1) is 0 Å². The van der Waals surface area contributed by atoms with E-state index in [1.807, 2.05) is 0 Å². The van der Waals surface area contributed by atoms with Gasteiger partial charge in [0.1, 0.15) is 22.8 Å². The Balaban J connectivity index is 2.15. The van der Waals surface area contributed by atoms with Crippen LogP contribution in [0.4, 0.5) is 0 Å². The number of fused-ring (bicyclic) bond motifs is 1. The van der Waals surface area contributed by atoms with Crippen molar-refractivity contribution in [1.82, 2.24) is 0 Å². The van der Waals surface area contributed by atoms with Crippen molar-refractivity contribution >= 4 is 5.78 Å². The largest absolute Gasteiger partial charge is 0.508 e. The zero-order chi connectivity index (χ0) is 17.6. The number of hydrogen-bond donors (Lipinski definition) is 5. The number of ketones is 1. The Labute approximate surface area is 135 Å². The fourth-order valence-corrected chi connectivity index (χ4v) is 2.64. The summed E-state index contributed by atoms with van der Waals surface area (Å²) in [5, 5.41) is 49.6. The van der Waals surface area contributed by atoms with Crippen molar-refractivity contribution in [1.29, 1.82) is 0 Å². The summed E-state index contributed by atoms with van der Waals surface area (Å²) >= 11 is 0. The monoisotopic (exact) mass is 334 g/mol. The van der Waals surface area contributed by atoms with Crippen molar-refractivity contribution in [2.45, 2.75) is 12.2 Å². The number of aromatic hydroxyl groups is 4. The molecule has 0 amide bonds. The molecule has 1 heterocycles. The molecule has 8 nitrogen and oxygen atoms in total. The van der Waals surface area contributed by atoms with Crippen LogP contribution in [0.25, 0.3) is 0 Å². The fraction of sp³-hybridized carbons (Fsp3) is 0.188. The summed E-state index contributed by atoms with van der Waals surface area (Å²) < 4.78 is 10.3. The van der Waals surface area contributed by atoms with Crippen molar-refractivity contribution in [2.75, 3.05) is 7.11 Å². The number of carbonyl (C=O) groups is 1. The number of methoxy groups -OCH3 is 1.